The van der Waals surface area contributed by atoms with Gasteiger partial charge in [0.05, 0.1) is 0 Å². The van der Waals surface area contributed by atoms with E-state index in [0.29, 0.717) is 0 Å². The molecule has 1 aliphatic rings. The predicted octanol–water partition coefficient (Wildman–Crippen LogP) is 3.13. The Kier molecular flexibility index (Phi) is 8.96. The molecule has 2 nitrogen and oxygen atoms in total. The maximum absolute atomic E-state index is 3.39. The summed E-state index contributed by atoms with van der Waals surface area (Å²) in [5, 5.41) is 3.39. The highest BCUT2D eigenvalue weighted by Gasteiger charge is 2.22. The fraction of sp³-hybridized carbons (Fsp3) is 1.00. The zero-order valence-corrected chi connectivity index (χ0v) is 12.2. The van der Waals surface area contributed by atoms with Crippen LogP contribution in [0.4, 0.5) is 0 Å². The van der Waals surface area contributed by atoms with Crippen molar-refractivity contribution in [1.29, 1.82) is 0 Å². The Hall–Kier alpha value is -0.0800. The molecule has 1 saturated carbocycles. The molecule has 1 rings (SSSR count). The lowest BCUT2D eigenvalue weighted by molar-refractivity contribution is 0.161. The highest BCUT2D eigenvalue weighted by molar-refractivity contribution is 4.81. The molecule has 1 aliphatic carbocycles. The first-order valence-electron chi connectivity index (χ1n) is 7.01. The van der Waals surface area contributed by atoms with Gasteiger partial charge < -0.3 is 10.2 Å². The molecule has 1 N–H and O–H groups in total. The van der Waals surface area contributed by atoms with Gasteiger partial charge in [0.1, 0.15) is 0 Å². The predicted molar refractivity (Wildman–Crippen MR) is 73.9 cm³/mol. The van der Waals surface area contributed by atoms with E-state index in [4.69, 9.17) is 0 Å². The van der Waals surface area contributed by atoms with Crippen molar-refractivity contribution in [1.82, 2.24) is 10.2 Å². The third kappa shape index (κ3) is 5.86. The third-order valence-corrected chi connectivity index (χ3v) is 3.38. The maximum Gasteiger partial charge on any atom is 0.00934 e. The molecule has 0 spiro atoms. The lowest BCUT2D eigenvalue weighted by Crippen LogP contribution is -2.41. The molecule has 0 heterocycles. The number of hydrogen-bond acceptors (Lipinski definition) is 2. The summed E-state index contributed by atoms with van der Waals surface area (Å²) in [4.78, 5) is 2.55. The van der Waals surface area contributed by atoms with Crippen LogP contribution in [0.5, 0.6) is 0 Å². The number of rotatable bonds is 4. The Morgan fingerprint density at radius 1 is 1.12 bits per heavy atom. The van der Waals surface area contributed by atoms with Gasteiger partial charge >= 0.3 is 0 Å². The Labute approximate surface area is 103 Å². The minimum Gasteiger partial charge on any atom is -0.317 e. The molecule has 0 aromatic carbocycles. The second kappa shape index (κ2) is 9.00. The quantitative estimate of drug-likeness (QED) is 0.795. The zero-order chi connectivity index (χ0) is 12.6. The second-order valence-corrected chi connectivity index (χ2v) is 5.13. The first kappa shape index (κ1) is 15.9. The topological polar surface area (TPSA) is 15.3 Å². The minimum atomic E-state index is 0.777. The van der Waals surface area contributed by atoms with Crippen molar-refractivity contribution in [3.05, 3.63) is 0 Å². The van der Waals surface area contributed by atoms with E-state index in [-0.39, 0.29) is 0 Å². The minimum absolute atomic E-state index is 0.777. The van der Waals surface area contributed by atoms with Gasteiger partial charge in [-0.2, -0.15) is 0 Å². The van der Waals surface area contributed by atoms with Crippen LogP contribution in [-0.2, 0) is 0 Å². The molecule has 0 aromatic heterocycles. The van der Waals surface area contributed by atoms with Gasteiger partial charge in [0, 0.05) is 18.6 Å². The number of hydrogen-bond donors (Lipinski definition) is 1. The van der Waals surface area contributed by atoms with Gasteiger partial charge in [-0.1, -0.05) is 27.7 Å². The average molecular weight is 228 g/mol. The molecule has 2 heteroatoms. The lowest BCUT2D eigenvalue weighted by Gasteiger charge is -2.35. The molecule has 0 amide bonds. The number of nitrogens with zero attached hydrogens (tertiary/aromatic N) is 1. The smallest absolute Gasteiger partial charge is 0.00934 e. The molecule has 0 atom stereocenters. The Morgan fingerprint density at radius 2 is 1.62 bits per heavy atom. The molecular formula is C14H32N2. The summed E-state index contributed by atoms with van der Waals surface area (Å²) in [7, 11) is 4.37. The standard InChI is InChI=1S/C12H26N2.C2H6/c1-10(2)9-14(4)12-7-5-11(13-3)6-8-12;1-2/h10-13H,5-9H2,1-4H3;1-2H3. The summed E-state index contributed by atoms with van der Waals surface area (Å²) in [5.74, 6) is 0.794. The third-order valence-electron chi connectivity index (χ3n) is 3.38. The molecule has 0 aromatic rings. The molecule has 1 fully saturated rings. The van der Waals surface area contributed by atoms with E-state index in [9.17, 15) is 0 Å². The van der Waals surface area contributed by atoms with Crippen LogP contribution in [-0.4, -0.2) is 37.6 Å². The molecule has 0 saturated heterocycles. The average Bonchev–Trinajstić information content (AvgIpc) is 2.31. The monoisotopic (exact) mass is 228 g/mol. The normalized spacial score (nSPS) is 25.5. The van der Waals surface area contributed by atoms with Crippen molar-refractivity contribution >= 4 is 0 Å². The maximum atomic E-state index is 3.39. The van der Waals surface area contributed by atoms with Crippen LogP contribution >= 0.6 is 0 Å². The fourth-order valence-corrected chi connectivity index (χ4v) is 2.53. The molecule has 0 aliphatic heterocycles. The summed E-state index contributed by atoms with van der Waals surface area (Å²) < 4.78 is 0. The largest absolute Gasteiger partial charge is 0.317 e. The van der Waals surface area contributed by atoms with E-state index in [1.165, 1.54) is 32.2 Å². The first-order chi connectivity index (χ1) is 7.63. The van der Waals surface area contributed by atoms with E-state index in [0.717, 1.165) is 18.0 Å². The van der Waals surface area contributed by atoms with Gasteiger partial charge in [-0.05, 0) is 45.7 Å². The van der Waals surface area contributed by atoms with E-state index >= 15 is 0 Å². The van der Waals surface area contributed by atoms with Crippen LogP contribution < -0.4 is 5.32 Å². The van der Waals surface area contributed by atoms with Crippen LogP contribution in [0.2, 0.25) is 0 Å². The highest BCUT2D eigenvalue weighted by atomic mass is 15.1. The SMILES string of the molecule is CC.CNC1CCC(N(C)CC(C)C)CC1. The van der Waals surface area contributed by atoms with Crippen molar-refractivity contribution in [2.75, 3.05) is 20.6 Å². The van der Waals surface area contributed by atoms with Gasteiger partial charge in [0.25, 0.3) is 0 Å². The first-order valence-corrected chi connectivity index (χ1v) is 7.01. The molecule has 0 radical (unpaired) electrons. The van der Waals surface area contributed by atoms with Gasteiger partial charge in [-0.25, -0.2) is 0 Å². The van der Waals surface area contributed by atoms with E-state index in [2.05, 4.69) is 38.2 Å². The van der Waals surface area contributed by atoms with Crippen molar-refractivity contribution < 1.29 is 0 Å². The summed E-state index contributed by atoms with van der Waals surface area (Å²) in [5.41, 5.74) is 0. The van der Waals surface area contributed by atoms with Crippen molar-refractivity contribution in [2.24, 2.45) is 5.92 Å². The van der Waals surface area contributed by atoms with Gasteiger partial charge in [-0.15, -0.1) is 0 Å². The molecule has 0 unspecified atom stereocenters. The Balaban J connectivity index is 0.00000106. The molecule has 98 valence electrons. The summed E-state index contributed by atoms with van der Waals surface area (Å²) in [6, 6.07) is 1.61. The lowest BCUT2D eigenvalue weighted by atomic mass is 9.90. The van der Waals surface area contributed by atoms with E-state index < -0.39 is 0 Å². The van der Waals surface area contributed by atoms with E-state index in [1.54, 1.807) is 0 Å². The van der Waals surface area contributed by atoms with Crippen molar-refractivity contribution in [3.8, 4) is 0 Å². The molecular weight excluding hydrogens is 196 g/mol. The van der Waals surface area contributed by atoms with Crippen LogP contribution in [0.15, 0.2) is 0 Å². The van der Waals surface area contributed by atoms with Crippen LogP contribution in [0.3, 0.4) is 0 Å². The van der Waals surface area contributed by atoms with Crippen LogP contribution in [0, 0.1) is 5.92 Å². The molecule has 16 heavy (non-hydrogen) atoms. The van der Waals surface area contributed by atoms with Crippen LogP contribution in [0.25, 0.3) is 0 Å². The summed E-state index contributed by atoms with van der Waals surface area (Å²) in [6.07, 6.45) is 5.44. The fourth-order valence-electron chi connectivity index (χ4n) is 2.53. The van der Waals surface area contributed by atoms with Crippen molar-refractivity contribution in [2.45, 2.75) is 65.5 Å². The zero-order valence-electron chi connectivity index (χ0n) is 12.2. The summed E-state index contributed by atoms with van der Waals surface area (Å²) in [6.45, 7) is 9.85. The Bertz CT molecular complexity index is 149. The van der Waals surface area contributed by atoms with Gasteiger partial charge in [-0.3, -0.25) is 0 Å². The van der Waals surface area contributed by atoms with Crippen molar-refractivity contribution in [3.63, 3.8) is 0 Å². The van der Waals surface area contributed by atoms with Crippen LogP contribution in [0.1, 0.15) is 53.4 Å². The van der Waals surface area contributed by atoms with Gasteiger partial charge in [0.2, 0.25) is 0 Å². The Morgan fingerprint density at radius 3 is 2.00 bits per heavy atom. The second-order valence-electron chi connectivity index (χ2n) is 5.13. The highest BCUT2D eigenvalue weighted by Crippen LogP contribution is 2.22. The summed E-state index contributed by atoms with van der Waals surface area (Å²) >= 11 is 0. The number of nitrogens with one attached hydrogen (secondary N) is 1. The van der Waals surface area contributed by atoms with E-state index in [1.807, 2.05) is 13.8 Å². The molecule has 0 bridgehead atoms. The van der Waals surface area contributed by atoms with Gasteiger partial charge in [0.15, 0.2) is 0 Å².